The summed E-state index contributed by atoms with van der Waals surface area (Å²) in [7, 11) is 0. The van der Waals surface area contributed by atoms with E-state index in [1.54, 1.807) is 6.07 Å². The van der Waals surface area contributed by atoms with Gasteiger partial charge in [-0.1, -0.05) is 30.3 Å². The van der Waals surface area contributed by atoms with Crippen molar-refractivity contribution in [2.24, 2.45) is 0 Å². The van der Waals surface area contributed by atoms with E-state index in [2.05, 4.69) is 31.6 Å². The predicted molar refractivity (Wildman–Crippen MR) is 114 cm³/mol. The Bertz CT molecular complexity index is 988. The average molecular weight is 389 g/mol. The summed E-state index contributed by atoms with van der Waals surface area (Å²) in [4.78, 5) is 23.8. The third-order valence-electron chi connectivity index (χ3n) is 4.62. The van der Waals surface area contributed by atoms with Gasteiger partial charge in [0.2, 0.25) is 5.95 Å². The summed E-state index contributed by atoms with van der Waals surface area (Å²) >= 11 is 0. The molecule has 1 aromatic heterocycles. The van der Waals surface area contributed by atoms with Gasteiger partial charge in [0.05, 0.1) is 24.6 Å². The summed E-state index contributed by atoms with van der Waals surface area (Å²) in [5.41, 5.74) is 3.71. The van der Waals surface area contributed by atoms with E-state index in [1.165, 1.54) is 0 Å². The highest BCUT2D eigenvalue weighted by atomic mass is 16.5. The Morgan fingerprint density at radius 2 is 1.72 bits per heavy atom. The maximum Gasteiger partial charge on any atom is 0.274 e. The van der Waals surface area contributed by atoms with Gasteiger partial charge >= 0.3 is 0 Å². The topological polar surface area (TPSA) is 79.4 Å². The Morgan fingerprint density at radius 1 is 1.00 bits per heavy atom. The smallest absolute Gasteiger partial charge is 0.274 e. The second kappa shape index (κ2) is 8.70. The van der Waals surface area contributed by atoms with E-state index >= 15 is 0 Å². The third-order valence-corrected chi connectivity index (χ3v) is 4.62. The number of carbonyl (C=O) groups is 1. The molecule has 2 aromatic carbocycles. The number of rotatable bonds is 5. The van der Waals surface area contributed by atoms with Crippen LogP contribution in [0.5, 0.6) is 0 Å². The van der Waals surface area contributed by atoms with Crippen LogP contribution in [0.1, 0.15) is 16.2 Å². The number of para-hydroxylation sites is 3. The molecule has 29 heavy (non-hydrogen) atoms. The molecule has 3 aromatic rings. The van der Waals surface area contributed by atoms with Crippen LogP contribution in [-0.2, 0) is 4.74 Å². The first kappa shape index (κ1) is 18.9. The van der Waals surface area contributed by atoms with Crippen LogP contribution in [0, 0.1) is 6.92 Å². The molecule has 0 bridgehead atoms. The Balaban J connectivity index is 1.56. The van der Waals surface area contributed by atoms with Gasteiger partial charge in [-0.2, -0.15) is 0 Å². The fourth-order valence-electron chi connectivity index (χ4n) is 3.24. The first-order chi connectivity index (χ1) is 14.2. The van der Waals surface area contributed by atoms with Gasteiger partial charge < -0.3 is 20.3 Å². The molecule has 1 saturated heterocycles. The fourth-order valence-corrected chi connectivity index (χ4v) is 3.24. The third kappa shape index (κ3) is 4.70. The molecule has 0 spiro atoms. The lowest BCUT2D eigenvalue weighted by molar-refractivity contribution is 0.102. The number of carbonyl (C=O) groups excluding carboxylic acids is 1. The zero-order chi connectivity index (χ0) is 20.1. The molecule has 1 fully saturated rings. The molecule has 0 aliphatic carbocycles. The Kier molecular flexibility index (Phi) is 5.67. The molecule has 2 heterocycles. The second-order valence-corrected chi connectivity index (χ2v) is 6.78. The lowest BCUT2D eigenvalue weighted by Gasteiger charge is -2.30. The minimum atomic E-state index is -0.272. The number of ether oxygens (including phenoxy) is 1. The fraction of sp³-hybridized carbons (Fsp3) is 0.227. The maximum atomic E-state index is 12.6. The summed E-state index contributed by atoms with van der Waals surface area (Å²) in [5.74, 6) is 0.120. The van der Waals surface area contributed by atoms with Gasteiger partial charge in [0.25, 0.3) is 5.91 Å². The number of hydrogen-bond acceptors (Lipinski definition) is 6. The average Bonchev–Trinajstić information content (AvgIpc) is 2.75. The standard InChI is InChI=1S/C22H23N5O2/c1-16-15-19(21(28)24-17-7-3-2-4-8-17)26-22(23-16)25-18-9-5-6-10-20(18)27-11-13-29-14-12-27/h2-10,15H,11-14H2,1H3,(H,24,28)(H,23,25,26). The van der Waals surface area contributed by atoms with Crippen molar-refractivity contribution in [3.05, 3.63) is 72.1 Å². The molecule has 7 heteroatoms. The van der Waals surface area contributed by atoms with E-state index < -0.39 is 0 Å². The number of nitrogens with zero attached hydrogens (tertiary/aromatic N) is 3. The van der Waals surface area contributed by atoms with Crippen molar-refractivity contribution in [1.82, 2.24) is 9.97 Å². The maximum absolute atomic E-state index is 12.6. The number of anilines is 4. The summed E-state index contributed by atoms with van der Waals surface area (Å²) in [6.07, 6.45) is 0. The minimum absolute atomic E-state index is 0.272. The van der Waals surface area contributed by atoms with Crippen LogP contribution in [0.3, 0.4) is 0 Å². The first-order valence-corrected chi connectivity index (χ1v) is 9.60. The van der Waals surface area contributed by atoms with E-state index in [-0.39, 0.29) is 5.91 Å². The lowest BCUT2D eigenvalue weighted by atomic mass is 10.2. The highest BCUT2D eigenvalue weighted by Gasteiger charge is 2.16. The Hall–Kier alpha value is -3.45. The van der Waals surface area contributed by atoms with Crippen molar-refractivity contribution >= 4 is 28.9 Å². The highest BCUT2D eigenvalue weighted by molar-refractivity contribution is 6.03. The molecule has 2 N–H and O–H groups in total. The predicted octanol–water partition coefficient (Wildman–Crippen LogP) is 3.62. The van der Waals surface area contributed by atoms with Gasteiger partial charge in [0.15, 0.2) is 0 Å². The molecule has 0 radical (unpaired) electrons. The van der Waals surface area contributed by atoms with Crippen LogP contribution in [0.15, 0.2) is 60.7 Å². The highest BCUT2D eigenvalue weighted by Crippen LogP contribution is 2.28. The van der Waals surface area contributed by atoms with Crippen molar-refractivity contribution in [2.45, 2.75) is 6.92 Å². The van der Waals surface area contributed by atoms with Crippen molar-refractivity contribution in [1.29, 1.82) is 0 Å². The number of nitrogens with one attached hydrogen (secondary N) is 2. The SMILES string of the molecule is Cc1cc(C(=O)Nc2ccccc2)nc(Nc2ccccc2N2CCOCC2)n1. The summed E-state index contributed by atoms with van der Waals surface area (Å²) in [6, 6.07) is 19.0. The molecular formula is C22H23N5O2. The second-order valence-electron chi connectivity index (χ2n) is 6.78. The largest absolute Gasteiger partial charge is 0.378 e. The van der Waals surface area contributed by atoms with Gasteiger partial charge in [0.1, 0.15) is 5.69 Å². The molecule has 1 aliphatic rings. The van der Waals surface area contributed by atoms with Crippen LogP contribution in [0.2, 0.25) is 0 Å². The van der Waals surface area contributed by atoms with Crippen molar-refractivity contribution < 1.29 is 9.53 Å². The van der Waals surface area contributed by atoms with Crippen molar-refractivity contribution in [3.8, 4) is 0 Å². The van der Waals surface area contributed by atoms with Gasteiger partial charge in [0, 0.05) is 24.5 Å². The lowest BCUT2D eigenvalue weighted by Crippen LogP contribution is -2.36. The molecular weight excluding hydrogens is 366 g/mol. The zero-order valence-corrected chi connectivity index (χ0v) is 16.3. The van der Waals surface area contributed by atoms with Crippen LogP contribution in [0.4, 0.5) is 23.0 Å². The molecule has 0 atom stereocenters. The van der Waals surface area contributed by atoms with Crippen LogP contribution >= 0.6 is 0 Å². The molecule has 1 aliphatic heterocycles. The number of hydrogen-bond donors (Lipinski definition) is 2. The molecule has 4 rings (SSSR count). The zero-order valence-electron chi connectivity index (χ0n) is 16.3. The van der Waals surface area contributed by atoms with Gasteiger partial charge in [-0.15, -0.1) is 0 Å². The first-order valence-electron chi connectivity index (χ1n) is 9.60. The van der Waals surface area contributed by atoms with E-state index in [4.69, 9.17) is 4.74 Å². The number of amides is 1. The summed E-state index contributed by atoms with van der Waals surface area (Å²) in [6.45, 7) is 4.93. The number of morpholine rings is 1. The Labute approximate surface area is 169 Å². The van der Waals surface area contributed by atoms with E-state index in [0.717, 1.165) is 30.2 Å². The van der Waals surface area contributed by atoms with Gasteiger partial charge in [-0.3, -0.25) is 4.79 Å². The van der Waals surface area contributed by atoms with Gasteiger partial charge in [-0.25, -0.2) is 9.97 Å². The molecule has 148 valence electrons. The summed E-state index contributed by atoms with van der Waals surface area (Å²) in [5, 5.41) is 6.15. The van der Waals surface area contributed by atoms with E-state index in [0.29, 0.717) is 30.5 Å². The monoisotopic (exact) mass is 389 g/mol. The minimum Gasteiger partial charge on any atom is -0.378 e. The quantitative estimate of drug-likeness (QED) is 0.694. The molecule has 0 unspecified atom stereocenters. The molecule has 0 saturated carbocycles. The Morgan fingerprint density at radius 3 is 2.52 bits per heavy atom. The van der Waals surface area contributed by atoms with Crippen LogP contribution < -0.4 is 15.5 Å². The molecule has 1 amide bonds. The number of aromatic nitrogens is 2. The van der Waals surface area contributed by atoms with Gasteiger partial charge in [-0.05, 0) is 37.3 Å². The van der Waals surface area contributed by atoms with Crippen molar-refractivity contribution in [2.75, 3.05) is 41.8 Å². The van der Waals surface area contributed by atoms with Crippen molar-refractivity contribution in [3.63, 3.8) is 0 Å². The molecule has 7 nitrogen and oxygen atoms in total. The summed E-state index contributed by atoms with van der Waals surface area (Å²) < 4.78 is 5.45. The van der Waals surface area contributed by atoms with E-state index in [1.807, 2.05) is 55.5 Å². The van der Waals surface area contributed by atoms with E-state index in [9.17, 15) is 4.79 Å². The van der Waals surface area contributed by atoms with Crippen LogP contribution in [-0.4, -0.2) is 42.2 Å². The normalized spacial score (nSPS) is 13.8. The number of benzene rings is 2. The van der Waals surface area contributed by atoms with Crippen LogP contribution in [0.25, 0.3) is 0 Å². The number of aryl methyl sites for hydroxylation is 1.